The summed E-state index contributed by atoms with van der Waals surface area (Å²) in [6, 6.07) is 5.47. The fourth-order valence-corrected chi connectivity index (χ4v) is 8.48. The van der Waals surface area contributed by atoms with Crippen molar-refractivity contribution in [2.75, 3.05) is 26.3 Å². The summed E-state index contributed by atoms with van der Waals surface area (Å²) >= 11 is 0. The third kappa shape index (κ3) is 3.35. The van der Waals surface area contributed by atoms with Crippen molar-refractivity contribution in [3.8, 4) is 12.3 Å². The van der Waals surface area contributed by atoms with Gasteiger partial charge < -0.3 is 14.7 Å². The largest absolute Gasteiger partial charge is 0.508 e. The van der Waals surface area contributed by atoms with E-state index in [9.17, 15) is 9.90 Å². The molecule has 3 aliphatic carbocycles. The van der Waals surface area contributed by atoms with Crippen molar-refractivity contribution in [3.63, 3.8) is 0 Å². The Morgan fingerprint density at radius 3 is 2.71 bits per heavy atom. The number of phenols is 1. The zero-order valence-corrected chi connectivity index (χ0v) is 20.9. The van der Waals surface area contributed by atoms with Gasteiger partial charge in [0.1, 0.15) is 11.2 Å². The monoisotopic (exact) mass is 487 g/mol. The van der Waals surface area contributed by atoms with Gasteiger partial charge in [-0.1, -0.05) is 17.8 Å². The molecule has 4 aliphatic rings. The minimum atomic E-state index is -2.88. The average molecular weight is 488 g/mol. The van der Waals surface area contributed by atoms with Crippen molar-refractivity contribution in [1.29, 1.82) is 0 Å². The van der Waals surface area contributed by atoms with Gasteiger partial charge in [0.25, 0.3) is 18.0 Å². The molecule has 1 saturated heterocycles. The van der Waals surface area contributed by atoms with Crippen molar-refractivity contribution >= 4 is 5.91 Å². The summed E-state index contributed by atoms with van der Waals surface area (Å²) in [6.07, 6.45) is 3.58. The second-order valence-electron chi connectivity index (χ2n) is 11.6. The number of amides is 1. The smallest absolute Gasteiger partial charge is 0.300 e. The van der Waals surface area contributed by atoms with Crippen molar-refractivity contribution in [3.05, 3.63) is 34.2 Å². The third-order valence-electron chi connectivity index (χ3n) is 10.2. The van der Waals surface area contributed by atoms with Crippen LogP contribution in [0, 0.1) is 23.3 Å². The number of nitrogens with zero attached hydrogens (tertiary/aromatic N) is 2. The zero-order chi connectivity index (χ0) is 25.1. The molecule has 1 heterocycles. The molecule has 35 heavy (non-hydrogen) atoms. The molecular formula is C28H37F2N2O3+. The van der Waals surface area contributed by atoms with Gasteiger partial charge in [-0.25, -0.2) is 8.78 Å². The maximum Gasteiger partial charge on any atom is 0.300 e. The van der Waals surface area contributed by atoms with Crippen LogP contribution in [0.2, 0.25) is 0 Å². The quantitative estimate of drug-likeness (QED) is 0.600. The molecule has 1 N–H and O–H groups in total. The van der Waals surface area contributed by atoms with Crippen LogP contribution in [0.25, 0.3) is 4.85 Å². The summed E-state index contributed by atoms with van der Waals surface area (Å²) in [6.45, 7) is 12.3. The fraction of sp³-hybridized carbons (Fsp3) is 0.714. The molecule has 0 radical (unpaired) electrons. The molecule has 1 aromatic carbocycles. The Labute approximate surface area is 206 Å². The van der Waals surface area contributed by atoms with E-state index in [1.807, 2.05) is 17.0 Å². The Balaban J connectivity index is 1.46. The number of fused-ring (bicyclic) bond motifs is 5. The normalized spacial score (nSPS) is 37.6. The van der Waals surface area contributed by atoms with Gasteiger partial charge >= 0.3 is 0 Å². The number of phenolic OH excluding ortho intramolecular Hbond substituents is 1. The Morgan fingerprint density at radius 1 is 1.26 bits per heavy atom. The predicted molar refractivity (Wildman–Crippen MR) is 130 cm³/mol. The van der Waals surface area contributed by atoms with Crippen LogP contribution in [-0.4, -0.2) is 53.7 Å². The Bertz CT molecular complexity index is 1050. The van der Waals surface area contributed by atoms with Gasteiger partial charge in [0.2, 0.25) is 5.91 Å². The maximum absolute atomic E-state index is 15.9. The topological polar surface area (TPSA) is 54.1 Å². The number of aromatic hydroxyl groups is 1. The molecule has 0 bridgehead atoms. The molecule has 7 heteroatoms. The highest BCUT2D eigenvalue weighted by molar-refractivity contribution is 5.76. The van der Waals surface area contributed by atoms with Crippen LogP contribution in [0.3, 0.4) is 0 Å². The van der Waals surface area contributed by atoms with Gasteiger partial charge in [0.05, 0.1) is 18.6 Å². The van der Waals surface area contributed by atoms with E-state index in [4.69, 9.17) is 11.3 Å². The van der Waals surface area contributed by atoms with Crippen molar-refractivity contribution < 1.29 is 23.4 Å². The summed E-state index contributed by atoms with van der Waals surface area (Å²) in [5.74, 6) is -2.91. The molecule has 5 nitrogen and oxygen atoms in total. The number of alkyl halides is 2. The number of carbonyl (C=O) groups is 1. The molecule has 5 atom stereocenters. The first-order valence-corrected chi connectivity index (χ1v) is 13.1. The van der Waals surface area contributed by atoms with Gasteiger partial charge in [-0.05, 0) is 74.6 Å². The molecule has 1 aromatic rings. The molecule has 5 rings (SSSR count). The summed E-state index contributed by atoms with van der Waals surface area (Å²) < 4.78 is 37.1. The molecule has 0 aromatic heterocycles. The number of morpholine rings is 1. The predicted octanol–water partition coefficient (Wildman–Crippen LogP) is 5.61. The maximum atomic E-state index is 15.9. The van der Waals surface area contributed by atoms with Crippen LogP contribution < -0.4 is 0 Å². The second-order valence-corrected chi connectivity index (χ2v) is 11.6. The van der Waals surface area contributed by atoms with E-state index < -0.39 is 28.2 Å². The van der Waals surface area contributed by atoms with Gasteiger partial charge in [0, 0.05) is 31.8 Å². The minimum absolute atomic E-state index is 0.0543. The van der Waals surface area contributed by atoms with E-state index >= 15 is 8.78 Å². The minimum Gasteiger partial charge on any atom is -0.508 e. The summed E-state index contributed by atoms with van der Waals surface area (Å²) in [5, 5.41) is 10.0. The first-order valence-electron chi connectivity index (χ1n) is 13.1. The first kappa shape index (κ1) is 24.5. The molecule has 3 fully saturated rings. The Hall–Kier alpha value is -2.20. The van der Waals surface area contributed by atoms with Crippen LogP contribution in [0.5, 0.6) is 5.75 Å². The number of halogens is 2. The number of carbonyl (C=O) groups excluding carboxylic acids is 1. The fourth-order valence-electron chi connectivity index (χ4n) is 8.48. The van der Waals surface area contributed by atoms with Gasteiger partial charge in [-0.15, -0.1) is 0 Å². The molecule has 1 aliphatic heterocycles. The van der Waals surface area contributed by atoms with Crippen molar-refractivity contribution in [2.24, 2.45) is 16.7 Å². The Morgan fingerprint density at radius 2 is 2.00 bits per heavy atom. The average Bonchev–Trinajstić information content (AvgIpc) is 3.02. The van der Waals surface area contributed by atoms with Crippen LogP contribution >= 0.6 is 0 Å². The van der Waals surface area contributed by atoms with E-state index in [1.54, 1.807) is 13.0 Å². The van der Waals surface area contributed by atoms with E-state index in [1.165, 1.54) is 0 Å². The number of ether oxygens (including phenoxy) is 1. The molecule has 1 unspecified atom stereocenters. The number of rotatable bonds is 4. The highest BCUT2D eigenvalue weighted by Crippen LogP contribution is 2.76. The van der Waals surface area contributed by atoms with Crippen LogP contribution in [0.4, 0.5) is 8.78 Å². The Kier molecular flexibility index (Phi) is 5.90. The SMILES string of the molecule is C#[N+][C@@]12[C@@H](CCCC(=O)N3CCOCC3)CC(F)(F)[C@@]1(C)CC[C@@H]1c3ccc(O)cc3CCC12C. The second kappa shape index (κ2) is 8.44. The van der Waals surface area contributed by atoms with Crippen LogP contribution in [0.15, 0.2) is 18.2 Å². The molecule has 1 amide bonds. The lowest BCUT2D eigenvalue weighted by Crippen LogP contribution is -2.64. The number of hydrogen-bond donors (Lipinski definition) is 1. The summed E-state index contributed by atoms with van der Waals surface area (Å²) in [5.41, 5.74) is -0.701. The van der Waals surface area contributed by atoms with Gasteiger partial charge in [-0.2, -0.15) is 0 Å². The van der Waals surface area contributed by atoms with Crippen LogP contribution in [0.1, 0.15) is 75.8 Å². The standard InChI is InChI=1S/C28H36F2N2O3/c1-25-11-9-19-17-21(33)7-8-22(19)23(25)10-12-26(2)27(29,30)18-20(28(25,26)31-3)5-4-6-24(34)32-13-15-35-16-14-32/h3,7-8,17,20,23H,4-6,9-16,18H2,1-2H3/p+1/t20-,23+,25?,26+,28+/m0/s1. The summed E-state index contributed by atoms with van der Waals surface area (Å²) in [7, 11) is 0. The molecule has 0 spiro atoms. The molecule has 2 saturated carbocycles. The van der Waals surface area contributed by atoms with E-state index in [0.717, 1.165) is 11.1 Å². The van der Waals surface area contributed by atoms with E-state index in [-0.39, 0.29) is 24.0 Å². The number of aryl methyl sites for hydroxylation is 1. The third-order valence-corrected chi connectivity index (χ3v) is 10.2. The lowest BCUT2D eigenvalue weighted by Gasteiger charge is -2.56. The highest BCUT2D eigenvalue weighted by atomic mass is 19.3. The van der Waals surface area contributed by atoms with E-state index in [0.29, 0.717) is 71.2 Å². The highest BCUT2D eigenvalue weighted by Gasteiger charge is 2.86. The number of hydrogen-bond acceptors (Lipinski definition) is 3. The lowest BCUT2D eigenvalue weighted by atomic mass is 9.42. The lowest BCUT2D eigenvalue weighted by molar-refractivity contribution is -0.153. The number of benzene rings is 1. The van der Waals surface area contributed by atoms with Crippen LogP contribution in [-0.2, 0) is 16.0 Å². The zero-order valence-electron chi connectivity index (χ0n) is 20.9. The van der Waals surface area contributed by atoms with Crippen molar-refractivity contribution in [2.45, 2.75) is 82.6 Å². The molecule has 190 valence electrons. The van der Waals surface area contributed by atoms with Crippen molar-refractivity contribution in [1.82, 2.24) is 4.90 Å². The first-order chi connectivity index (χ1) is 16.6. The summed E-state index contributed by atoms with van der Waals surface area (Å²) in [4.78, 5) is 19.0. The van der Waals surface area contributed by atoms with Gasteiger partial charge in [0.15, 0.2) is 0 Å². The van der Waals surface area contributed by atoms with Gasteiger partial charge in [-0.3, -0.25) is 4.79 Å². The van der Waals surface area contributed by atoms with E-state index in [2.05, 4.69) is 11.8 Å². The molecular weight excluding hydrogens is 450 g/mol.